The lowest BCUT2D eigenvalue weighted by molar-refractivity contribution is -0.122. The summed E-state index contributed by atoms with van der Waals surface area (Å²) in [5, 5.41) is 13.8. The van der Waals surface area contributed by atoms with Gasteiger partial charge in [-0.2, -0.15) is 5.10 Å². The molecule has 1 saturated carbocycles. The molecule has 162 valence electrons. The number of carbonyl (C=O) groups excluding carboxylic acids is 1. The minimum absolute atomic E-state index is 0.0798. The zero-order valence-electron chi connectivity index (χ0n) is 17.7. The summed E-state index contributed by atoms with van der Waals surface area (Å²) in [5.41, 5.74) is 7.72. The van der Waals surface area contributed by atoms with Gasteiger partial charge in [0, 0.05) is 23.9 Å². The van der Waals surface area contributed by atoms with Crippen molar-refractivity contribution in [2.45, 2.75) is 19.4 Å². The first kappa shape index (κ1) is 20.0. The highest BCUT2D eigenvalue weighted by molar-refractivity contribution is 5.80. The maximum Gasteiger partial charge on any atom is 0.223 e. The summed E-state index contributed by atoms with van der Waals surface area (Å²) in [7, 11) is 0. The van der Waals surface area contributed by atoms with Crippen LogP contribution in [-0.2, 0) is 4.79 Å². The Bertz CT molecular complexity index is 1180. The summed E-state index contributed by atoms with van der Waals surface area (Å²) in [6, 6.07) is 13.6. The second-order valence-corrected chi connectivity index (χ2v) is 8.35. The second-order valence-electron chi connectivity index (χ2n) is 8.35. The Morgan fingerprint density at radius 3 is 2.59 bits per heavy atom. The number of aromatic nitrogens is 4. The number of nitrogens with two attached hydrogens (primary N) is 1. The molecule has 5 N–H and O–H groups in total. The molecule has 5 rings (SSSR count). The number of nitrogens with one attached hydrogen (secondary N) is 3. The van der Waals surface area contributed by atoms with E-state index >= 15 is 0 Å². The molecule has 8 heteroatoms. The zero-order valence-corrected chi connectivity index (χ0v) is 17.7. The second kappa shape index (κ2) is 8.30. The van der Waals surface area contributed by atoms with Crippen LogP contribution in [0.5, 0.6) is 0 Å². The van der Waals surface area contributed by atoms with Gasteiger partial charge in [0.15, 0.2) is 11.6 Å². The van der Waals surface area contributed by atoms with Crippen molar-refractivity contribution in [1.29, 1.82) is 0 Å². The lowest BCUT2D eigenvalue weighted by atomic mass is 9.88. The van der Waals surface area contributed by atoms with E-state index in [-0.39, 0.29) is 29.7 Å². The maximum atomic E-state index is 12.1. The number of hydrogen-bond acceptors (Lipinski definition) is 6. The van der Waals surface area contributed by atoms with Crippen LogP contribution in [0.2, 0.25) is 0 Å². The van der Waals surface area contributed by atoms with Gasteiger partial charge < -0.3 is 16.4 Å². The molecular formula is C24H25N7O. The molecule has 2 aromatic heterocycles. The van der Waals surface area contributed by atoms with Crippen LogP contribution in [0, 0.1) is 24.7 Å². The van der Waals surface area contributed by atoms with Crippen LogP contribution in [0.15, 0.2) is 54.6 Å². The molecule has 2 bridgehead atoms. The summed E-state index contributed by atoms with van der Waals surface area (Å²) >= 11 is 0. The summed E-state index contributed by atoms with van der Waals surface area (Å²) < 4.78 is 0. The van der Waals surface area contributed by atoms with Gasteiger partial charge in [0.05, 0.1) is 5.92 Å². The van der Waals surface area contributed by atoms with Crippen LogP contribution >= 0.6 is 0 Å². The van der Waals surface area contributed by atoms with E-state index in [0.717, 1.165) is 17.7 Å². The predicted molar refractivity (Wildman–Crippen MR) is 125 cm³/mol. The van der Waals surface area contributed by atoms with Gasteiger partial charge in [-0.05, 0) is 36.8 Å². The highest BCUT2D eigenvalue weighted by Gasteiger charge is 2.47. The third kappa shape index (κ3) is 4.12. The zero-order chi connectivity index (χ0) is 22.1. The molecule has 1 amide bonds. The topological polar surface area (TPSA) is 122 Å². The number of aromatic amines is 1. The average molecular weight is 428 g/mol. The minimum atomic E-state index is -0.275. The number of carbonyl (C=O) groups is 1. The van der Waals surface area contributed by atoms with E-state index in [1.165, 1.54) is 0 Å². The standard InChI is InChI=1S/C24H25N7O/c1-14-11-21(31-30-14)28-19-13-20(27-18(26-19)10-7-15-5-3-2-4-6-15)29-23-17-9-8-16(12-17)22(23)24(25)32/h2-11,13,16-17,22-23H,12H2,1H3,(H2,25,32)(H3,26,27,28,29,30,31)/b10-7+. The van der Waals surface area contributed by atoms with Gasteiger partial charge in [0.25, 0.3) is 0 Å². The Morgan fingerprint density at radius 2 is 1.84 bits per heavy atom. The summed E-state index contributed by atoms with van der Waals surface area (Å²) in [5.74, 6) is 2.40. The average Bonchev–Trinajstić information content (AvgIpc) is 3.49. The molecule has 1 fully saturated rings. The van der Waals surface area contributed by atoms with Gasteiger partial charge in [0.2, 0.25) is 5.91 Å². The van der Waals surface area contributed by atoms with Gasteiger partial charge in [-0.25, -0.2) is 9.97 Å². The van der Waals surface area contributed by atoms with Crippen LogP contribution in [0.25, 0.3) is 12.2 Å². The number of aryl methyl sites for hydroxylation is 1. The molecule has 0 spiro atoms. The van der Waals surface area contributed by atoms with Gasteiger partial charge in [-0.3, -0.25) is 9.89 Å². The van der Waals surface area contributed by atoms with E-state index in [9.17, 15) is 4.79 Å². The largest absolute Gasteiger partial charge is 0.369 e. The predicted octanol–water partition coefficient (Wildman–Crippen LogP) is 3.51. The van der Waals surface area contributed by atoms with Crippen molar-refractivity contribution >= 4 is 35.5 Å². The van der Waals surface area contributed by atoms with Crippen molar-refractivity contribution in [2.75, 3.05) is 10.6 Å². The van der Waals surface area contributed by atoms with Crippen LogP contribution in [0.1, 0.15) is 23.5 Å². The fourth-order valence-electron chi connectivity index (χ4n) is 4.60. The van der Waals surface area contributed by atoms with Crippen LogP contribution in [-0.4, -0.2) is 32.1 Å². The number of anilines is 3. The normalized spacial score (nSPS) is 23.7. The first-order valence-corrected chi connectivity index (χ1v) is 10.7. The number of nitrogens with zero attached hydrogens (tertiary/aromatic N) is 3. The van der Waals surface area contributed by atoms with E-state index in [1.54, 1.807) is 0 Å². The SMILES string of the molecule is Cc1cc(Nc2cc(NC3C4C=CC(C4)C3C(N)=O)nc(/C=C/c3ccccc3)n2)n[nH]1. The summed E-state index contributed by atoms with van der Waals surface area (Å²) in [6.45, 7) is 1.94. The van der Waals surface area contributed by atoms with Crippen molar-refractivity contribution in [2.24, 2.45) is 23.5 Å². The molecule has 2 aliphatic carbocycles. The van der Waals surface area contributed by atoms with E-state index in [0.29, 0.717) is 23.3 Å². The maximum absolute atomic E-state index is 12.1. The molecule has 32 heavy (non-hydrogen) atoms. The molecule has 0 aliphatic heterocycles. The fraction of sp³-hybridized carbons (Fsp3) is 0.250. The van der Waals surface area contributed by atoms with E-state index < -0.39 is 0 Å². The first-order valence-electron chi connectivity index (χ1n) is 10.7. The van der Waals surface area contributed by atoms with Gasteiger partial charge in [0.1, 0.15) is 11.6 Å². The molecule has 2 heterocycles. The molecular weight excluding hydrogens is 402 g/mol. The number of hydrogen-bond donors (Lipinski definition) is 4. The highest BCUT2D eigenvalue weighted by atomic mass is 16.1. The van der Waals surface area contributed by atoms with Crippen molar-refractivity contribution < 1.29 is 4.79 Å². The lowest BCUT2D eigenvalue weighted by Gasteiger charge is -2.27. The number of benzene rings is 1. The Morgan fingerprint density at radius 1 is 1.06 bits per heavy atom. The number of amides is 1. The number of fused-ring (bicyclic) bond motifs is 2. The van der Waals surface area contributed by atoms with Gasteiger partial charge in [-0.1, -0.05) is 48.6 Å². The Hall–Kier alpha value is -3.94. The molecule has 4 atom stereocenters. The molecule has 0 radical (unpaired) electrons. The van der Waals surface area contributed by atoms with Crippen molar-refractivity contribution in [3.8, 4) is 0 Å². The van der Waals surface area contributed by atoms with Gasteiger partial charge >= 0.3 is 0 Å². The van der Waals surface area contributed by atoms with Crippen molar-refractivity contribution in [1.82, 2.24) is 20.2 Å². The quantitative estimate of drug-likeness (QED) is 0.428. The molecule has 3 aromatic rings. The first-order chi connectivity index (χ1) is 15.5. The van der Waals surface area contributed by atoms with E-state index in [2.05, 4.69) is 43.0 Å². The third-order valence-corrected chi connectivity index (χ3v) is 6.03. The van der Waals surface area contributed by atoms with E-state index in [4.69, 9.17) is 5.73 Å². The highest BCUT2D eigenvalue weighted by Crippen LogP contribution is 2.44. The lowest BCUT2D eigenvalue weighted by Crippen LogP contribution is -2.41. The van der Waals surface area contributed by atoms with Crippen LogP contribution in [0.4, 0.5) is 17.5 Å². The summed E-state index contributed by atoms with van der Waals surface area (Å²) in [6.07, 6.45) is 9.06. The minimum Gasteiger partial charge on any atom is -0.369 e. The number of rotatable bonds is 7. The number of H-pyrrole nitrogens is 1. The molecule has 4 unspecified atom stereocenters. The monoisotopic (exact) mass is 427 g/mol. The summed E-state index contributed by atoms with van der Waals surface area (Å²) in [4.78, 5) is 21.4. The Labute approximate surface area is 186 Å². The molecule has 8 nitrogen and oxygen atoms in total. The van der Waals surface area contributed by atoms with Crippen molar-refractivity contribution in [3.63, 3.8) is 0 Å². The third-order valence-electron chi connectivity index (χ3n) is 6.03. The van der Waals surface area contributed by atoms with Crippen LogP contribution < -0.4 is 16.4 Å². The molecule has 1 aromatic carbocycles. The number of allylic oxidation sites excluding steroid dienone is 1. The van der Waals surface area contributed by atoms with Gasteiger partial charge in [-0.15, -0.1) is 0 Å². The Balaban J connectivity index is 1.45. The number of primary amides is 1. The van der Waals surface area contributed by atoms with E-state index in [1.807, 2.05) is 61.5 Å². The van der Waals surface area contributed by atoms with Crippen LogP contribution in [0.3, 0.4) is 0 Å². The molecule has 0 saturated heterocycles. The fourth-order valence-corrected chi connectivity index (χ4v) is 4.60. The molecule has 2 aliphatic rings. The van der Waals surface area contributed by atoms with Crippen molar-refractivity contribution in [3.05, 3.63) is 71.7 Å². The Kier molecular flexibility index (Phi) is 5.18. The smallest absolute Gasteiger partial charge is 0.223 e.